The summed E-state index contributed by atoms with van der Waals surface area (Å²) in [5.41, 5.74) is 5.67. The van der Waals surface area contributed by atoms with E-state index >= 15 is 0 Å². The molecule has 0 radical (unpaired) electrons. The zero-order valence-electron chi connectivity index (χ0n) is 8.04. The Morgan fingerprint density at radius 2 is 1.77 bits per heavy atom. The predicted octanol–water partition coefficient (Wildman–Crippen LogP) is 0.736. The molecule has 0 unspecified atom stereocenters. The van der Waals surface area contributed by atoms with Gasteiger partial charge in [0.05, 0.1) is 0 Å². The Hall–Kier alpha value is -0.570. The lowest BCUT2D eigenvalue weighted by molar-refractivity contribution is -0.139. The molecule has 0 aromatic rings. The van der Waals surface area contributed by atoms with Crippen molar-refractivity contribution in [1.29, 1.82) is 0 Å². The molecule has 74 valence electrons. The highest BCUT2D eigenvalue weighted by molar-refractivity contribution is 5.80. The van der Waals surface area contributed by atoms with Crippen LogP contribution in [0.3, 0.4) is 0 Å². The van der Waals surface area contributed by atoms with E-state index < -0.39 is 0 Å². The minimum Gasteiger partial charge on any atom is -0.342 e. The molecule has 0 spiro atoms. The first-order valence-corrected chi connectivity index (χ1v) is 5.32. The van der Waals surface area contributed by atoms with Gasteiger partial charge in [-0.05, 0) is 32.1 Å². The molecule has 2 fully saturated rings. The summed E-state index contributed by atoms with van der Waals surface area (Å²) in [5, 5.41) is 0. The normalized spacial score (nSPS) is 34.1. The van der Waals surface area contributed by atoms with Crippen LogP contribution in [0.1, 0.15) is 32.1 Å². The van der Waals surface area contributed by atoms with Crippen molar-refractivity contribution >= 4 is 5.91 Å². The number of nitrogens with two attached hydrogens (primary N) is 1. The van der Waals surface area contributed by atoms with Gasteiger partial charge in [0.25, 0.3) is 0 Å². The number of amides is 1. The van der Waals surface area contributed by atoms with Crippen molar-refractivity contribution in [3.63, 3.8) is 0 Å². The fourth-order valence-corrected chi connectivity index (χ4v) is 2.24. The third kappa shape index (κ3) is 1.85. The summed E-state index contributed by atoms with van der Waals surface area (Å²) in [6.07, 6.45) is 5.48. The molecule has 3 nitrogen and oxygen atoms in total. The van der Waals surface area contributed by atoms with Crippen LogP contribution in [-0.4, -0.2) is 29.9 Å². The predicted molar refractivity (Wildman–Crippen MR) is 51.1 cm³/mol. The summed E-state index contributed by atoms with van der Waals surface area (Å²) in [5.74, 6) is 0.620. The minimum atomic E-state index is 0.257. The van der Waals surface area contributed by atoms with E-state index in [0.717, 1.165) is 25.9 Å². The van der Waals surface area contributed by atoms with Gasteiger partial charge in [-0.25, -0.2) is 0 Å². The molecule has 1 saturated carbocycles. The van der Waals surface area contributed by atoms with Crippen molar-refractivity contribution in [2.75, 3.05) is 13.1 Å². The van der Waals surface area contributed by atoms with Crippen molar-refractivity contribution in [3.8, 4) is 0 Å². The fourth-order valence-electron chi connectivity index (χ4n) is 2.24. The molecule has 1 aliphatic carbocycles. The molecule has 1 aliphatic heterocycles. The van der Waals surface area contributed by atoms with Crippen LogP contribution in [-0.2, 0) is 4.79 Å². The topological polar surface area (TPSA) is 46.3 Å². The van der Waals surface area contributed by atoms with E-state index in [4.69, 9.17) is 5.73 Å². The highest BCUT2D eigenvalue weighted by Crippen LogP contribution is 2.28. The van der Waals surface area contributed by atoms with Gasteiger partial charge in [-0.15, -0.1) is 0 Å². The van der Waals surface area contributed by atoms with Gasteiger partial charge >= 0.3 is 0 Å². The van der Waals surface area contributed by atoms with Crippen LogP contribution < -0.4 is 5.73 Å². The van der Waals surface area contributed by atoms with Gasteiger partial charge < -0.3 is 10.6 Å². The van der Waals surface area contributed by atoms with E-state index in [1.54, 1.807) is 0 Å². The summed E-state index contributed by atoms with van der Waals surface area (Å²) in [6.45, 7) is 1.95. The first-order chi connectivity index (χ1) is 6.27. The molecule has 0 atom stereocenters. The number of likely N-dealkylation sites (tertiary alicyclic amines) is 1. The highest BCUT2D eigenvalue weighted by atomic mass is 16.2. The standard InChI is InChI=1S/C10H18N2O/c11-9-6-8(7-9)10(13)12-4-2-1-3-5-12/h8-9H,1-7,11H2/t8-,9-. The summed E-state index contributed by atoms with van der Waals surface area (Å²) in [6, 6.07) is 0.291. The zero-order valence-corrected chi connectivity index (χ0v) is 8.04. The Morgan fingerprint density at radius 3 is 2.31 bits per heavy atom. The van der Waals surface area contributed by atoms with E-state index in [2.05, 4.69) is 0 Å². The van der Waals surface area contributed by atoms with Gasteiger partial charge in [0, 0.05) is 25.0 Å². The molecule has 0 aromatic heterocycles. The van der Waals surface area contributed by atoms with Crippen molar-refractivity contribution in [2.24, 2.45) is 11.7 Å². The molecule has 0 bridgehead atoms. The Kier molecular flexibility index (Phi) is 2.54. The number of rotatable bonds is 1. The van der Waals surface area contributed by atoms with Crippen LogP contribution in [0.2, 0.25) is 0 Å². The number of carbonyl (C=O) groups excluding carboxylic acids is 1. The van der Waals surface area contributed by atoms with Gasteiger partial charge in [0.15, 0.2) is 0 Å². The quantitative estimate of drug-likeness (QED) is 0.650. The SMILES string of the molecule is N[C@H]1C[C@H](C(=O)N2CCCCC2)C1. The van der Waals surface area contributed by atoms with Gasteiger partial charge in [-0.1, -0.05) is 0 Å². The fraction of sp³-hybridized carbons (Fsp3) is 0.900. The van der Waals surface area contributed by atoms with Gasteiger partial charge in [-0.3, -0.25) is 4.79 Å². The highest BCUT2D eigenvalue weighted by Gasteiger charge is 2.34. The number of carbonyl (C=O) groups is 1. The maximum Gasteiger partial charge on any atom is 0.225 e. The molecule has 13 heavy (non-hydrogen) atoms. The summed E-state index contributed by atoms with van der Waals surface area (Å²) < 4.78 is 0. The van der Waals surface area contributed by atoms with Crippen molar-refractivity contribution in [1.82, 2.24) is 4.90 Å². The summed E-state index contributed by atoms with van der Waals surface area (Å²) in [4.78, 5) is 13.8. The maximum absolute atomic E-state index is 11.8. The third-order valence-corrected chi connectivity index (χ3v) is 3.19. The van der Waals surface area contributed by atoms with Crippen LogP contribution in [0.5, 0.6) is 0 Å². The lowest BCUT2D eigenvalue weighted by Gasteiger charge is -2.37. The molecule has 1 heterocycles. The average Bonchev–Trinajstić information content (AvgIpc) is 2.13. The number of hydrogen-bond acceptors (Lipinski definition) is 2. The molecule has 3 heteroatoms. The third-order valence-electron chi connectivity index (χ3n) is 3.19. The second-order valence-electron chi connectivity index (χ2n) is 4.31. The van der Waals surface area contributed by atoms with E-state index in [-0.39, 0.29) is 5.92 Å². The molecular weight excluding hydrogens is 164 g/mol. The maximum atomic E-state index is 11.8. The number of nitrogens with zero attached hydrogens (tertiary/aromatic N) is 1. The van der Waals surface area contributed by atoms with Crippen LogP contribution in [0, 0.1) is 5.92 Å². The molecule has 2 rings (SSSR count). The van der Waals surface area contributed by atoms with E-state index in [0.29, 0.717) is 11.9 Å². The molecule has 0 aromatic carbocycles. The minimum absolute atomic E-state index is 0.257. The van der Waals surface area contributed by atoms with Crippen LogP contribution in [0.4, 0.5) is 0 Å². The second kappa shape index (κ2) is 3.66. The zero-order chi connectivity index (χ0) is 9.26. The molecule has 2 N–H and O–H groups in total. The van der Waals surface area contributed by atoms with Gasteiger partial charge in [-0.2, -0.15) is 0 Å². The lowest BCUT2D eigenvalue weighted by Crippen LogP contribution is -2.48. The van der Waals surface area contributed by atoms with Crippen molar-refractivity contribution in [3.05, 3.63) is 0 Å². The summed E-state index contributed by atoms with van der Waals surface area (Å²) in [7, 11) is 0. The van der Waals surface area contributed by atoms with Crippen LogP contribution in [0.25, 0.3) is 0 Å². The molecule has 1 amide bonds. The lowest BCUT2D eigenvalue weighted by atomic mass is 9.80. The monoisotopic (exact) mass is 182 g/mol. The Balaban J connectivity index is 1.82. The first kappa shape index (κ1) is 9.00. The largest absolute Gasteiger partial charge is 0.342 e. The van der Waals surface area contributed by atoms with E-state index in [9.17, 15) is 4.79 Å². The Morgan fingerprint density at radius 1 is 1.15 bits per heavy atom. The molecule has 1 saturated heterocycles. The van der Waals surface area contributed by atoms with Crippen LogP contribution in [0.15, 0.2) is 0 Å². The second-order valence-corrected chi connectivity index (χ2v) is 4.31. The smallest absolute Gasteiger partial charge is 0.225 e. The van der Waals surface area contributed by atoms with Crippen molar-refractivity contribution in [2.45, 2.75) is 38.1 Å². The first-order valence-electron chi connectivity index (χ1n) is 5.32. The van der Waals surface area contributed by atoms with Crippen molar-refractivity contribution < 1.29 is 4.79 Å². The number of piperidine rings is 1. The number of hydrogen-bond donors (Lipinski definition) is 1. The molecular formula is C10H18N2O. The van der Waals surface area contributed by atoms with Gasteiger partial charge in [0.2, 0.25) is 5.91 Å². The Labute approximate surface area is 79.3 Å². The van der Waals surface area contributed by atoms with Gasteiger partial charge in [0.1, 0.15) is 0 Å². The average molecular weight is 182 g/mol. The van der Waals surface area contributed by atoms with Crippen LogP contribution >= 0.6 is 0 Å². The summed E-state index contributed by atoms with van der Waals surface area (Å²) >= 11 is 0. The molecule has 2 aliphatic rings. The Bertz CT molecular complexity index is 193. The van der Waals surface area contributed by atoms with E-state index in [1.807, 2.05) is 4.90 Å². The van der Waals surface area contributed by atoms with E-state index in [1.165, 1.54) is 19.3 Å².